The van der Waals surface area contributed by atoms with Gasteiger partial charge in [0.05, 0.1) is 40.9 Å². The van der Waals surface area contributed by atoms with Crippen molar-refractivity contribution in [2.45, 2.75) is 18.9 Å². The van der Waals surface area contributed by atoms with Crippen LogP contribution in [0.25, 0.3) is 0 Å². The smallest absolute Gasteiger partial charge is 0.229 e. The summed E-state index contributed by atoms with van der Waals surface area (Å²) in [7, 11) is 6.22. The maximum atomic E-state index is 12.5. The fraction of sp³-hybridized carbons (Fsp3) is 0.364. The first-order valence-electron chi connectivity index (χ1n) is 9.51. The average molecular weight is 414 g/mol. The van der Waals surface area contributed by atoms with Crippen molar-refractivity contribution in [2.24, 2.45) is 0 Å². The van der Waals surface area contributed by atoms with E-state index in [2.05, 4.69) is 5.32 Å². The van der Waals surface area contributed by atoms with Crippen LogP contribution in [0.5, 0.6) is 23.0 Å². The number of benzene rings is 2. The molecule has 0 aromatic heterocycles. The van der Waals surface area contributed by atoms with Gasteiger partial charge in [0.15, 0.2) is 23.0 Å². The van der Waals surface area contributed by atoms with Gasteiger partial charge in [0.2, 0.25) is 11.8 Å². The van der Waals surface area contributed by atoms with Crippen molar-refractivity contribution in [1.29, 1.82) is 0 Å². The summed E-state index contributed by atoms with van der Waals surface area (Å²) in [6.07, 6.45) is 0.424. The third kappa shape index (κ3) is 4.59. The minimum Gasteiger partial charge on any atom is -0.493 e. The first-order chi connectivity index (χ1) is 14.5. The predicted molar refractivity (Wildman–Crippen MR) is 112 cm³/mol. The van der Waals surface area contributed by atoms with E-state index < -0.39 is 0 Å². The molecule has 1 fully saturated rings. The highest BCUT2D eigenvalue weighted by atomic mass is 16.5. The van der Waals surface area contributed by atoms with Crippen LogP contribution in [-0.2, 0) is 16.0 Å². The van der Waals surface area contributed by atoms with Gasteiger partial charge >= 0.3 is 0 Å². The number of hydrogen-bond donors (Lipinski definition) is 1. The number of ether oxygens (including phenoxy) is 4. The van der Waals surface area contributed by atoms with Gasteiger partial charge < -0.3 is 29.2 Å². The van der Waals surface area contributed by atoms with Crippen molar-refractivity contribution in [1.82, 2.24) is 5.32 Å². The number of amides is 2. The Morgan fingerprint density at radius 2 is 1.53 bits per heavy atom. The van der Waals surface area contributed by atoms with Crippen LogP contribution in [-0.4, -0.2) is 52.8 Å². The molecular weight excluding hydrogens is 388 g/mol. The Balaban J connectivity index is 1.63. The van der Waals surface area contributed by atoms with Gasteiger partial charge in [-0.2, -0.15) is 0 Å². The van der Waals surface area contributed by atoms with E-state index in [0.717, 1.165) is 5.56 Å². The molecule has 1 N–H and O–H groups in total. The van der Waals surface area contributed by atoms with Crippen molar-refractivity contribution in [3.63, 3.8) is 0 Å². The first-order valence-corrected chi connectivity index (χ1v) is 9.51. The zero-order valence-electron chi connectivity index (χ0n) is 17.6. The molecule has 2 aromatic rings. The van der Waals surface area contributed by atoms with Crippen LogP contribution in [0.1, 0.15) is 12.0 Å². The van der Waals surface area contributed by atoms with Gasteiger partial charge in [-0.15, -0.1) is 0 Å². The van der Waals surface area contributed by atoms with Crippen molar-refractivity contribution in [3.05, 3.63) is 42.0 Å². The second-order valence-electron chi connectivity index (χ2n) is 6.88. The largest absolute Gasteiger partial charge is 0.493 e. The lowest BCUT2D eigenvalue weighted by molar-refractivity contribution is -0.121. The van der Waals surface area contributed by atoms with Crippen molar-refractivity contribution < 1.29 is 28.5 Å². The van der Waals surface area contributed by atoms with Crippen LogP contribution < -0.4 is 29.2 Å². The SMILES string of the molecule is COc1ccc(CC(=O)NC2CC(=O)N(c3ccc(OC)c(OC)c3)C2)cc1OC. The molecule has 160 valence electrons. The van der Waals surface area contributed by atoms with Crippen LogP contribution in [0.2, 0.25) is 0 Å². The van der Waals surface area contributed by atoms with Gasteiger partial charge in [-0.05, 0) is 29.8 Å². The standard InChI is InChI=1S/C22H26N2O6/c1-27-17-7-5-14(9-19(17)29-3)10-21(25)23-15-11-22(26)24(13-15)16-6-8-18(28-2)20(12-16)30-4/h5-9,12,15H,10-11,13H2,1-4H3,(H,23,25). The molecule has 3 rings (SSSR count). The van der Waals surface area contributed by atoms with E-state index in [1.54, 1.807) is 63.7 Å². The molecule has 1 heterocycles. The van der Waals surface area contributed by atoms with Gasteiger partial charge in [0, 0.05) is 24.7 Å². The number of rotatable bonds is 8. The Hall–Kier alpha value is -3.42. The summed E-state index contributed by atoms with van der Waals surface area (Å²) in [5.74, 6) is 2.09. The van der Waals surface area contributed by atoms with E-state index in [1.807, 2.05) is 6.07 Å². The summed E-state index contributed by atoms with van der Waals surface area (Å²) in [5.41, 5.74) is 1.50. The number of nitrogens with zero attached hydrogens (tertiary/aromatic N) is 1. The van der Waals surface area contributed by atoms with Gasteiger partial charge in [0.25, 0.3) is 0 Å². The maximum Gasteiger partial charge on any atom is 0.229 e. The number of nitrogens with one attached hydrogen (secondary N) is 1. The van der Waals surface area contributed by atoms with E-state index in [9.17, 15) is 9.59 Å². The van der Waals surface area contributed by atoms with E-state index in [0.29, 0.717) is 35.2 Å². The van der Waals surface area contributed by atoms with E-state index >= 15 is 0 Å². The summed E-state index contributed by atoms with van der Waals surface area (Å²) in [4.78, 5) is 26.7. The molecule has 1 aliphatic rings. The van der Waals surface area contributed by atoms with Gasteiger partial charge in [0.1, 0.15) is 0 Å². The molecule has 1 atom stereocenters. The summed E-state index contributed by atoms with van der Waals surface area (Å²) in [6.45, 7) is 0.395. The molecule has 1 saturated heterocycles. The number of hydrogen-bond acceptors (Lipinski definition) is 6. The molecule has 8 nitrogen and oxygen atoms in total. The molecule has 2 amide bonds. The van der Waals surface area contributed by atoms with Crippen LogP contribution in [0.3, 0.4) is 0 Å². The number of carbonyl (C=O) groups is 2. The Kier molecular flexibility index (Phi) is 6.66. The highest BCUT2D eigenvalue weighted by Gasteiger charge is 2.32. The third-order valence-electron chi connectivity index (χ3n) is 4.98. The van der Waals surface area contributed by atoms with Crippen LogP contribution in [0.15, 0.2) is 36.4 Å². The normalized spacial score (nSPS) is 15.7. The topological polar surface area (TPSA) is 86.3 Å². The Morgan fingerprint density at radius 1 is 0.933 bits per heavy atom. The van der Waals surface area contributed by atoms with E-state index in [-0.39, 0.29) is 30.7 Å². The van der Waals surface area contributed by atoms with Crippen molar-refractivity contribution in [2.75, 3.05) is 39.9 Å². The summed E-state index contributed by atoms with van der Waals surface area (Å²) in [5, 5.41) is 2.95. The molecule has 1 unspecified atom stereocenters. The summed E-state index contributed by atoms with van der Waals surface area (Å²) < 4.78 is 21.0. The molecule has 0 spiro atoms. The highest BCUT2D eigenvalue weighted by Crippen LogP contribution is 2.33. The maximum absolute atomic E-state index is 12.5. The van der Waals surface area contributed by atoms with Crippen LogP contribution >= 0.6 is 0 Å². The van der Waals surface area contributed by atoms with Crippen molar-refractivity contribution in [3.8, 4) is 23.0 Å². The quantitative estimate of drug-likeness (QED) is 0.713. The molecular formula is C22H26N2O6. The van der Waals surface area contributed by atoms with Crippen LogP contribution in [0, 0.1) is 0 Å². The van der Waals surface area contributed by atoms with Crippen molar-refractivity contribution >= 4 is 17.5 Å². The van der Waals surface area contributed by atoms with Gasteiger partial charge in [-0.25, -0.2) is 0 Å². The Labute approximate surface area is 175 Å². The molecule has 2 aromatic carbocycles. The Bertz CT molecular complexity index is 930. The summed E-state index contributed by atoms with van der Waals surface area (Å²) >= 11 is 0. The number of carbonyl (C=O) groups excluding carboxylic acids is 2. The second-order valence-corrected chi connectivity index (χ2v) is 6.88. The first kappa shape index (κ1) is 21.3. The fourth-order valence-electron chi connectivity index (χ4n) is 3.50. The zero-order valence-corrected chi connectivity index (χ0v) is 17.6. The highest BCUT2D eigenvalue weighted by molar-refractivity contribution is 5.97. The van der Waals surface area contributed by atoms with E-state index in [1.165, 1.54) is 0 Å². The predicted octanol–water partition coefficient (Wildman–Crippen LogP) is 2.19. The molecule has 1 aliphatic heterocycles. The minimum atomic E-state index is -0.266. The van der Waals surface area contributed by atoms with Crippen LogP contribution in [0.4, 0.5) is 5.69 Å². The van der Waals surface area contributed by atoms with Gasteiger partial charge in [-0.3, -0.25) is 9.59 Å². The third-order valence-corrected chi connectivity index (χ3v) is 4.98. The lowest BCUT2D eigenvalue weighted by Crippen LogP contribution is -2.38. The lowest BCUT2D eigenvalue weighted by atomic mass is 10.1. The average Bonchev–Trinajstić information content (AvgIpc) is 3.12. The fourth-order valence-corrected chi connectivity index (χ4v) is 3.50. The summed E-state index contributed by atoms with van der Waals surface area (Å²) in [6, 6.07) is 10.4. The molecule has 0 saturated carbocycles. The minimum absolute atomic E-state index is 0.0568. The van der Waals surface area contributed by atoms with Gasteiger partial charge in [-0.1, -0.05) is 6.07 Å². The molecule has 0 radical (unpaired) electrons. The monoisotopic (exact) mass is 414 g/mol. The Morgan fingerprint density at radius 3 is 2.17 bits per heavy atom. The lowest BCUT2D eigenvalue weighted by Gasteiger charge is -2.19. The zero-order chi connectivity index (χ0) is 21.7. The number of anilines is 1. The molecule has 30 heavy (non-hydrogen) atoms. The molecule has 8 heteroatoms. The second kappa shape index (κ2) is 9.39. The number of methoxy groups -OCH3 is 4. The molecule has 0 aliphatic carbocycles. The van der Waals surface area contributed by atoms with E-state index in [4.69, 9.17) is 18.9 Å². The molecule has 0 bridgehead atoms.